The van der Waals surface area contributed by atoms with Gasteiger partial charge in [-0.1, -0.05) is 48.0 Å². The highest BCUT2D eigenvalue weighted by molar-refractivity contribution is 6.30. The van der Waals surface area contributed by atoms with E-state index >= 15 is 0 Å². The minimum atomic E-state index is -0.971. The van der Waals surface area contributed by atoms with Crippen LogP contribution in [0.25, 0.3) is 0 Å². The van der Waals surface area contributed by atoms with Crippen molar-refractivity contribution < 1.29 is 23.5 Å². The first-order valence-corrected chi connectivity index (χ1v) is 12.4. The Morgan fingerprint density at radius 2 is 1.82 bits per heavy atom. The Bertz CT molecular complexity index is 1340. The summed E-state index contributed by atoms with van der Waals surface area (Å²) in [7, 11) is 3.79. The van der Waals surface area contributed by atoms with Crippen LogP contribution in [0.4, 0.5) is 14.9 Å². The first kappa shape index (κ1) is 27.1. The smallest absolute Gasteiger partial charge is 0.411 e. The predicted molar refractivity (Wildman–Crippen MR) is 142 cm³/mol. The Morgan fingerprint density at radius 1 is 1.05 bits per heavy atom. The lowest BCUT2D eigenvalue weighted by molar-refractivity contribution is -0.126. The van der Waals surface area contributed by atoms with E-state index in [1.807, 2.05) is 25.1 Å². The molecule has 3 aromatic carbocycles. The zero-order valence-electron chi connectivity index (χ0n) is 21.0. The lowest BCUT2D eigenvalue weighted by Gasteiger charge is -2.25. The number of amides is 3. The second-order valence-electron chi connectivity index (χ2n) is 9.16. The van der Waals surface area contributed by atoms with Crippen molar-refractivity contribution in [3.05, 3.63) is 100 Å². The molecule has 1 aliphatic rings. The van der Waals surface area contributed by atoms with Gasteiger partial charge >= 0.3 is 6.09 Å². The van der Waals surface area contributed by atoms with E-state index in [1.165, 1.54) is 23.1 Å². The SMILES string of the molecule is CN(C)CCNC(=O)[C@@H]1[C@H](c2cccc(NC(=O)c3ccccc3F)c2)OC(=O)N1Cc1cccc(Cl)c1. The molecular formula is C28H28ClFN4O4. The van der Waals surface area contributed by atoms with Crippen molar-refractivity contribution in [1.82, 2.24) is 15.1 Å². The zero-order valence-corrected chi connectivity index (χ0v) is 21.7. The molecule has 10 heteroatoms. The van der Waals surface area contributed by atoms with E-state index in [0.717, 1.165) is 5.56 Å². The fourth-order valence-corrected chi connectivity index (χ4v) is 4.40. The molecule has 0 aliphatic carbocycles. The number of cyclic esters (lactones) is 1. The van der Waals surface area contributed by atoms with Crippen LogP contribution in [0.5, 0.6) is 0 Å². The Morgan fingerprint density at radius 3 is 2.55 bits per heavy atom. The maximum Gasteiger partial charge on any atom is 0.411 e. The molecule has 198 valence electrons. The largest absolute Gasteiger partial charge is 0.438 e. The van der Waals surface area contributed by atoms with Gasteiger partial charge in [-0.15, -0.1) is 0 Å². The van der Waals surface area contributed by atoms with E-state index in [2.05, 4.69) is 10.6 Å². The Labute approximate surface area is 225 Å². The number of halogens is 2. The fourth-order valence-electron chi connectivity index (χ4n) is 4.19. The van der Waals surface area contributed by atoms with E-state index in [-0.39, 0.29) is 18.0 Å². The lowest BCUT2D eigenvalue weighted by atomic mass is 10.00. The predicted octanol–water partition coefficient (Wildman–Crippen LogP) is 4.47. The van der Waals surface area contributed by atoms with Crippen molar-refractivity contribution in [3.63, 3.8) is 0 Å². The van der Waals surface area contributed by atoms with Crippen LogP contribution < -0.4 is 10.6 Å². The summed E-state index contributed by atoms with van der Waals surface area (Å²) in [6.07, 6.45) is -1.59. The minimum Gasteiger partial charge on any atom is -0.438 e. The number of carbonyl (C=O) groups excluding carboxylic acids is 3. The summed E-state index contributed by atoms with van der Waals surface area (Å²) in [5, 5.41) is 6.07. The van der Waals surface area contributed by atoms with Gasteiger partial charge < -0.3 is 20.3 Å². The molecule has 0 bridgehead atoms. The van der Waals surface area contributed by atoms with Crippen molar-refractivity contribution in [3.8, 4) is 0 Å². The summed E-state index contributed by atoms with van der Waals surface area (Å²) in [6, 6.07) is 18.3. The molecule has 8 nitrogen and oxygen atoms in total. The Balaban J connectivity index is 1.60. The van der Waals surface area contributed by atoms with Crippen LogP contribution in [0.2, 0.25) is 5.02 Å². The molecule has 2 N–H and O–H groups in total. The molecule has 0 saturated carbocycles. The van der Waals surface area contributed by atoms with E-state index < -0.39 is 30.0 Å². The molecule has 38 heavy (non-hydrogen) atoms. The number of hydrogen-bond acceptors (Lipinski definition) is 5. The molecule has 0 unspecified atom stereocenters. The number of rotatable bonds is 9. The number of nitrogens with one attached hydrogen (secondary N) is 2. The molecule has 3 aromatic rings. The highest BCUT2D eigenvalue weighted by Crippen LogP contribution is 2.35. The topological polar surface area (TPSA) is 91.0 Å². The van der Waals surface area contributed by atoms with Gasteiger partial charge in [0, 0.05) is 23.8 Å². The third-order valence-corrected chi connectivity index (χ3v) is 6.28. The van der Waals surface area contributed by atoms with Gasteiger partial charge in [0.05, 0.1) is 12.1 Å². The molecule has 1 aliphatic heterocycles. The first-order chi connectivity index (χ1) is 18.2. The maximum absolute atomic E-state index is 14.1. The van der Waals surface area contributed by atoms with Crippen LogP contribution in [0, 0.1) is 5.82 Å². The van der Waals surface area contributed by atoms with Crippen LogP contribution in [0.1, 0.15) is 27.6 Å². The summed E-state index contributed by atoms with van der Waals surface area (Å²) in [5.41, 5.74) is 1.51. The van der Waals surface area contributed by atoms with Crippen molar-refractivity contribution in [2.45, 2.75) is 18.7 Å². The quantitative estimate of drug-likeness (QED) is 0.419. The third-order valence-electron chi connectivity index (χ3n) is 6.05. The monoisotopic (exact) mass is 538 g/mol. The van der Waals surface area contributed by atoms with Crippen LogP contribution >= 0.6 is 11.6 Å². The van der Waals surface area contributed by atoms with Gasteiger partial charge in [-0.2, -0.15) is 0 Å². The zero-order chi connectivity index (χ0) is 27.2. The number of ether oxygens (including phenoxy) is 1. The van der Waals surface area contributed by atoms with Crippen molar-refractivity contribution >= 4 is 35.2 Å². The Hall–Kier alpha value is -3.95. The van der Waals surface area contributed by atoms with Crippen LogP contribution in [-0.4, -0.2) is 60.9 Å². The van der Waals surface area contributed by atoms with Crippen LogP contribution in [0.15, 0.2) is 72.8 Å². The van der Waals surface area contributed by atoms with Crippen LogP contribution in [0.3, 0.4) is 0 Å². The molecule has 0 spiro atoms. The molecule has 0 radical (unpaired) electrons. The van der Waals surface area contributed by atoms with Gasteiger partial charge in [0.25, 0.3) is 5.91 Å². The summed E-state index contributed by atoms with van der Waals surface area (Å²) >= 11 is 6.12. The van der Waals surface area contributed by atoms with Crippen molar-refractivity contribution in [2.24, 2.45) is 0 Å². The van der Waals surface area contributed by atoms with Crippen LogP contribution in [-0.2, 0) is 16.1 Å². The van der Waals surface area contributed by atoms with Gasteiger partial charge in [-0.05, 0) is 61.6 Å². The molecule has 1 saturated heterocycles. The first-order valence-electron chi connectivity index (χ1n) is 12.0. The van der Waals surface area contributed by atoms with Gasteiger partial charge in [-0.25, -0.2) is 9.18 Å². The van der Waals surface area contributed by atoms with Gasteiger partial charge in [0.1, 0.15) is 5.82 Å². The Kier molecular flexibility index (Phi) is 8.60. The number of nitrogens with zero attached hydrogens (tertiary/aromatic N) is 2. The van der Waals surface area contributed by atoms with Crippen molar-refractivity contribution in [1.29, 1.82) is 0 Å². The van der Waals surface area contributed by atoms with Gasteiger partial charge in [0.2, 0.25) is 5.91 Å². The van der Waals surface area contributed by atoms with E-state index in [0.29, 0.717) is 29.4 Å². The average Bonchev–Trinajstić information content (AvgIpc) is 3.20. The standard InChI is InChI=1S/C28H28ClFN4O4/c1-33(2)14-13-31-27(36)24-25(38-28(37)34(24)17-18-7-5-9-20(29)15-18)19-8-6-10-21(16-19)32-26(35)22-11-3-4-12-23(22)30/h3-12,15-16,24-25H,13-14,17H2,1-2H3,(H,31,36)(H,32,35)/t24-,25-/m0/s1. The molecule has 4 rings (SSSR count). The normalized spacial score (nSPS) is 16.9. The molecule has 1 fully saturated rings. The average molecular weight is 539 g/mol. The third kappa shape index (κ3) is 6.48. The fraction of sp³-hybridized carbons (Fsp3) is 0.250. The number of likely N-dealkylation sites (N-methyl/N-ethyl adjacent to an activating group) is 1. The number of anilines is 1. The maximum atomic E-state index is 14.1. The van der Waals surface area contributed by atoms with Gasteiger partial charge in [0.15, 0.2) is 12.1 Å². The molecule has 3 amide bonds. The summed E-state index contributed by atoms with van der Waals surface area (Å²) in [5.74, 6) is -1.63. The molecular weight excluding hydrogens is 511 g/mol. The highest BCUT2D eigenvalue weighted by atomic mass is 35.5. The second kappa shape index (κ2) is 12.1. The second-order valence-corrected chi connectivity index (χ2v) is 9.60. The lowest BCUT2D eigenvalue weighted by Crippen LogP contribution is -2.47. The minimum absolute atomic E-state index is 0.101. The molecule has 1 heterocycles. The van der Waals surface area contributed by atoms with Gasteiger partial charge in [-0.3, -0.25) is 14.5 Å². The highest BCUT2D eigenvalue weighted by Gasteiger charge is 2.47. The number of hydrogen-bond donors (Lipinski definition) is 2. The molecule has 0 aromatic heterocycles. The van der Waals surface area contributed by atoms with E-state index in [9.17, 15) is 18.8 Å². The van der Waals surface area contributed by atoms with Crippen molar-refractivity contribution in [2.75, 3.05) is 32.5 Å². The summed E-state index contributed by atoms with van der Waals surface area (Å²) in [6.45, 7) is 1.11. The van der Waals surface area contributed by atoms with E-state index in [1.54, 1.807) is 48.5 Å². The number of carbonyl (C=O) groups is 3. The molecule has 2 atom stereocenters. The van der Waals surface area contributed by atoms with E-state index in [4.69, 9.17) is 16.3 Å². The number of benzene rings is 3. The summed E-state index contributed by atoms with van der Waals surface area (Å²) in [4.78, 5) is 42.3. The summed E-state index contributed by atoms with van der Waals surface area (Å²) < 4.78 is 19.8.